The minimum atomic E-state index is 0.163. The molecule has 2 aromatic carbocycles. The molecule has 0 radical (unpaired) electrons. The number of hydrogen-bond acceptors (Lipinski definition) is 4. The quantitative estimate of drug-likeness (QED) is 0.800. The lowest BCUT2D eigenvalue weighted by atomic mass is 9.90. The number of rotatable bonds is 5. The lowest BCUT2D eigenvalue weighted by Gasteiger charge is -2.38. The average molecular weight is 372 g/mol. The zero-order valence-electron chi connectivity index (χ0n) is 14.4. The van der Waals surface area contributed by atoms with Crippen molar-refractivity contribution in [1.82, 2.24) is 5.32 Å². The van der Waals surface area contributed by atoms with E-state index in [0.717, 1.165) is 19.6 Å². The van der Waals surface area contributed by atoms with Crippen molar-refractivity contribution in [3.63, 3.8) is 0 Å². The molecule has 1 N–H and O–H groups in total. The van der Waals surface area contributed by atoms with Gasteiger partial charge in [0.15, 0.2) is 0 Å². The highest BCUT2D eigenvalue weighted by molar-refractivity contribution is 7.99. The summed E-state index contributed by atoms with van der Waals surface area (Å²) in [5.41, 5.74) is 1.52. The van der Waals surface area contributed by atoms with Crippen molar-refractivity contribution >= 4 is 23.5 Å². The third kappa shape index (κ3) is 4.62. The molecule has 2 nitrogen and oxygen atoms in total. The van der Waals surface area contributed by atoms with Crippen LogP contribution in [0.3, 0.4) is 0 Å². The Kier molecular flexibility index (Phi) is 5.71. The third-order valence-corrected chi connectivity index (χ3v) is 7.30. The first kappa shape index (κ1) is 17.5. The fourth-order valence-corrected chi connectivity index (χ4v) is 5.84. The van der Waals surface area contributed by atoms with Crippen LogP contribution in [0.15, 0.2) is 64.4 Å². The predicted octanol–water partition coefficient (Wildman–Crippen LogP) is 4.98. The molecule has 132 valence electrons. The van der Waals surface area contributed by atoms with Crippen molar-refractivity contribution in [3.05, 3.63) is 60.2 Å². The fraction of sp³-hybridized carbons (Fsp3) is 0.429. The highest BCUT2D eigenvalue weighted by Gasteiger charge is 2.40. The van der Waals surface area contributed by atoms with Gasteiger partial charge in [-0.25, -0.2) is 0 Å². The topological polar surface area (TPSA) is 21.3 Å². The van der Waals surface area contributed by atoms with Gasteiger partial charge in [-0.05, 0) is 54.8 Å². The lowest BCUT2D eigenvalue weighted by molar-refractivity contribution is -0.0703. The van der Waals surface area contributed by atoms with Crippen molar-refractivity contribution < 1.29 is 4.74 Å². The Balaban J connectivity index is 1.29. The molecule has 4 rings (SSSR count). The summed E-state index contributed by atoms with van der Waals surface area (Å²) in [6.07, 6.45) is 3.53. The van der Waals surface area contributed by atoms with Crippen molar-refractivity contribution in [2.24, 2.45) is 0 Å². The van der Waals surface area contributed by atoms with Gasteiger partial charge in [0, 0.05) is 34.7 Å². The van der Waals surface area contributed by atoms with Gasteiger partial charge in [-0.3, -0.25) is 0 Å². The summed E-state index contributed by atoms with van der Waals surface area (Å²) >= 11 is 3.86. The second kappa shape index (κ2) is 8.17. The molecule has 4 heteroatoms. The molecular weight excluding hydrogens is 346 g/mol. The van der Waals surface area contributed by atoms with E-state index in [4.69, 9.17) is 4.74 Å². The van der Waals surface area contributed by atoms with Crippen molar-refractivity contribution in [3.8, 4) is 0 Å². The van der Waals surface area contributed by atoms with Gasteiger partial charge in [-0.2, -0.15) is 11.8 Å². The number of hydrogen-bond donors (Lipinski definition) is 1. The van der Waals surface area contributed by atoms with Crippen LogP contribution in [-0.2, 0) is 11.3 Å². The van der Waals surface area contributed by atoms with E-state index < -0.39 is 0 Å². The Morgan fingerprint density at radius 3 is 2.64 bits per heavy atom. The van der Waals surface area contributed by atoms with Crippen LogP contribution in [0, 0.1) is 0 Å². The first-order valence-electron chi connectivity index (χ1n) is 9.08. The summed E-state index contributed by atoms with van der Waals surface area (Å²) in [6.45, 7) is 1.86. The van der Waals surface area contributed by atoms with Gasteiger partial charge in [-0.15, -0.1) is 0 Å². The molecule has 2 aliphatic heterocycles. The summed E-state index contributed by atoms with van der Waals surface area (Å²) < 4.78 is 6.12. The van der Waals surface area contributed by atoms with E-state index in [1.807, 2.05) is 23.5 Å². The van der Waals surface area contributed by atoms with E-state index in [1.165, 1.54) is 39.7 Å². The molecule has 2 saturated heterocycles. The molecule has 2 atom stereocenters. The lowest BCUT2D eigenvalue weighted by Crippen LogP contribution is -2.47. The Hall–Kier alpha value is -0.940. The highest BCUT2D eigenvalue weighted by atomic mass is 32.2. The molecule has 2 aromatic rings. The smallest absolute Gasteiger partial charge is 0.0795 e. The maximum Gasteiger partial charge on any atom is 0.0795 e. The van der Waals surface area contributed by atoms with E-state index in [-0.39, 0.29) is 5.60 Å². The maximum absolute atomic E-state index is 6.12. The summed E-state index contributed by atoms with van der Waals surface area (Å²) in [5.74, 6) is 2.43. The summed E-state index contributed by atoms with van der Waals surface area (Å²) in [7, 11) is 0. The van der Waals surface area contributed by atoms with Gasteiger partial charge >= 0.3 is 0 Å². The van der Waals surface area contributed by atoms with Crippen LogP contribution in [0.5, 0.6) is 0 Å². The average Bonchev–Trinajstić information content (AvgIpc) is 3.10. The molecule has 25 heavy (non-hydrogen) atoms. The van der Waals surface area contributed by atoms with Crippen molar-refractivity contribution in [2.75, 3.05) is 18.1 Å². The Bertz CT molecular complexity index is 668. The van der Waals surface area contributed by atoms with Crippen LogP contribution >= 0.6 is 23.5 Å². The first-order chi connectivity index (χ1) is 12.3. The molecule has 0 bridgehead atoms. The predicted molar refractivity (Wildman–Crippen MR) is 107 cm³/mol. The van der Waals surface area contributed by atoms with E-state index in [2.05, 4.69) is 59.9 Å². The molecule has 0 aromatic heterocycles. The minimum Gasteiger partial charge on any atom is -0.374 e. The van der Waals surface area contributed by atoms with Gasteiger partial charge < -0.3 is 10.1 Å². The molecule has 0 saturated carbocycles. The van der Waals surface area contributed by atoms with Crippen LogP contribution < -0.4 is 5.32 Å². The fourth-order valence-electron chi connectivity index (χ4n) is 3.63. The highest BCUT2D eigenvalue weighted by Crippen LogP contribution is 2.38. The largest absolute Gasteiger partial charge is 0.374 e. The maximum atomic E-state index is 6.12. The second-order valence-electron chi connectivity index (χ2n) is 6.96. The molecule has 0 aliphatic carbocycles. The van der Waals surface area contributed by atoms with Crippen LogP contribution in [0.2, 0.25) is 0 Å². The van der Waals surface area contributed by atoms with Gasteiger partial charge in [0.25, 0.3) is 0 Å². The molecule has 2 aliphatic rings. The molecule has 2 fully saturated rings. The molecule has 0 amide bonds. The SMILES string of the molecule is c1ccc(Sc2ccc(CNC3CCOC4(CCSC4)C3)cc2)cc1. The molecule has 2 unspecified atom stereocenters. The van der Waals surface area contributed by atoms with Gasteiger partial charge in [0.1, 0.15) is 0 Å². The Morgan fingerprint density at radius 2 is 1.88 bits per heavy atom. The van der Waals surface area contributed by atoms with Crippen molar-refractivity contribution in [2.45, 2.75) is 47.2 Å². The van der Waals surface area contributed by atoms with Crippen LogP contribution in [0.1, 0.15) is 24.8 Å². The van der Waals surface area contributed by atoms with Crippen molar-refractivity contribution in [1.29, 1.82) is 0 Å². The zero-order chi connectivity index (χ0) is 17.0. The third-order valence-electron chi connectivity index (χ3n) is 5.06. The summed E-state index contributed by atoms with van der Waals surface area (Å²) in [6, 6.07) is 20.1. The number of benzene rings is 2. The van der Waals surface area contributed by atoms with Crippen LogP contribution in [0.25, 0.3) is 0 Å². The number of nitrogens with one attached hydrogen (secondary N) is 1. The van der Waals surface area contributed by atoms with Crippen LogP contribution in [-0.4, -0.2) is 29.8 Å². The Morgan fingerprint density at radius 1 is 1.08 bits per heavy atom. The van der Waals surface area contributed by atoms with Gasteiger partial charge in [0.05, 0.1) is 5.60 Å². The summed E-state index contributed by atoms with van der Waals surface area (Å²) in [4.78, 5) is 2.58. The monoisotopic (exact) mass is 371 g/mol. The number of thioether (sulfide) groups is 1. The van der Waals surface area contributed by atoms with Gasteiger partial charge in [0.2, 0.25) is 0 Å². The normalized spacial score (nSPS) is 26.2. The van der Waals surface area contributed by atoms with Gasteiger partial charge in [-0.1, -0.05) is 42.1 Å². The molecule has 1 spiro atoms. The molecular formula is C21H25NOS2. The summed E-state index contributed by atoms with van der Waals surface area (Å²) in [5, 5.41) is 3.76. The molecule has 2 heterocycles. The minimum absolute atomic E-state index is 0.163. The van der Waals surface area contributed by atoms with Crippen LogP contribution in [0.4, 0.5) is 0 Å². The van der Waals surface area contributed by atoms with E-state index in [0.29, 0.717) is 6.04 Å². The van der Waals surface area contributed by atoms with E-state index in [9.17, 15) is 0 Å². The van der Waals surface area contributed by atoms with E-state index >= 15 is 0 Å². The standard InChI is InChI=1S/C21H25NOS2/c1-2-4-19(5-3-1)25-20-8-6-17(7-9-20)15-22-18-10-12-23-21(14-18)11-13-24-16-21/h1-9,18,22H,10-16H2. The zero-order valence-corrected chi connectivity index (χ0v) is 16.1. The number of ether oxygens (including phenoxy) is 1. The second-order valence-corrected chi connectivity index (χ2v) is 9.22. The van der Waals surface area contributed by atoms with E-state index in [1.54, 1.807) is 0 Å². The Labute approximate surface area is 159 Å². The first-order valence-corrected chi connectivity index (χ1v) is 11.1.